The van der Waals surface area contributed by atoms with Crippen molar-refractivity contribution in [3.8, 4) is 0 Å². The van der Waals surface area contributed by atoms with Gasteiger partial charge in [-0.2, -0.15) is 0 Å². The van der Waals surface area contributed by atoms with E-state index in [4.69, 9.17) is 0 Å². The zero-order valence-corrected chi connectivity index (χ0v) is 10.6. The van der Waals surface area contributed by atoms with E-state index in [2.05, 4.69) is 19.1 Å². The van der Waals surface area contributed by atoms with Crippen molar-refractivity contribution in [1.82, 2.24) is 0 Å². The average molecular weight is 230 g/mol. The van der Waals surface area contributed by atoms with Crippen LogP contribution in [0.15, 0.2) is 36.4 Å². The van der Waals surface area contributed by atoms with E-state index in [0.717, 1.165) is 24.7 Å². The summed E-state index contributed by atoms with van der Waals surface area (Å²) in [4.78, 5) is 10.9. The predicted molar refractivity (Wildman–Crippen MR) is 73.8 cm³/mol. The molecule has 0 aliphatic rings. The summed E-state index contributed by atoms with van der Waals surface area (Å²) in [5.74, 6) is 0.0760. The summed E-state index contributed by atoms with van der Waals surface area (Å²) >= 11 is 0. The highest BCUT2D eigenvalue weighted by Gasteiger charge is 2.01. The minimum atomic E-state index is 0.0760. The van der Waals surface area contributed by atoms with E-state index in [-0.39, 0.29) is 5.92 Å². The standard InChI is InChI=1S/C16H22O/c1-2-3-4-6-11-16(14-17)13-12-15-9-7-5-8-10-15/h5,7-10,12-14,16H,2-4,6,11H2,1H3/b13-12+. The molecule has 0 saturated carbocycles. The molecule has 0 heterocycles. The zero-order chi connectivity index (χ0) is 12.3. The lowest BCUT2D eigenvalue weighted by Crippen LogP contribution is -1.97. The number of carbonyl (C=O) groups excluding carboxylic acids is 1. The summed E-state index contributed by atoms with van der Waals surface area (Å²) in [6.07, 6.45) is 11.0. The maximum Gasteiger partial charge on any atom is 0.126 e. The molecule has 0 aromatic heterocycles. The van der Waals surface area contributed by atoms with Gasteiger partial charge >= 0.3 is 0 Å². The van der Waals surface area contributed by atoms with E-state index in [1.54, 1.807) is 0 Å². The summed E-state index contributed by atoms with van der Waals surface area (Å²) in [6.45, 7) is 2.20. The summed E-state index contributed by atoms with van der Waals surface area (Å²) in [7, 11) is 0. The van der Waals surface area contributed by atoms with Gasteiger partial charge in [0.05, 0.1) is 0 Å². The van der Waals surface area contributed by atoms with E-state index in [9.17, 15) is 4.79 Å². The van der Waals surface area contributed by atoms with Gasteiger partial charge in [-0.1, -0.05) is 75.1 Å². The molecule has 92 valence electrons. The van der Waals surface area contributed by atoms with Crippen LogP contribution >= 0.6 is 0 Å². The molecular weight excluding hydrogens is 208 g/mol. The maximum atomic E-state index is 10.9. The van der Waals surface area contributed by atoms with Gasteiger partial charge in [0.15, 0.2) is 0 Å². The first-order chi connectivity index (χ1) is 8.36. The second-order valence-corrected chi connectivity index (χ2v) is 4.42. The third-order valence-corrected chi connectivity index (χ3v) is 2.90. The molecule has 1 unspecified atom stereocenters. The highest BCUT2D eigenvalue weighted by Crippen LogP contribution is 2.12. The van der Waals surface area contributed by atoms with Crippen molar-refractivity contribution in [3.63, 3.8) is 0 Å². The molecule has 1 rings (SSSR count). The first kappa shape index (κ1) is 13.7. The van der Waals surface area contributed by atoms with Gasteiger partial charge in [0.25, 0.3) is 0 Å². The van der Waals surface area contributed by atoms with Crippen LogP contribution in [0, 0.1) is 5.92 Å². The average Bonchev–Trinajstić information content (AvgIpc) is 2.39. The summed E-state index contributed by atoms with van der Waals surface area (Å²) in [5, 5.41) is 0. The monoisotopic (exact) mass is 230 g/mol. The van der Waals surface area contributed by atoms with Crippen LogP contribution < -0.4 is 0 Å². The van der Waals surface area contributed by atoms with Crippen molar-refractivity contribution in [1.29, 1.82) is 0 Å². The Morgan fingerprint density at radius 2 is 1.88 bits per heavy atom. The number of unbranched alkanes of at least 4 members (excludes halogenated alkanes) is 3. The van der Waals surface area contributed by atoms with Crippen LogP contribution in [0.25, 0.3) is 6.08 Å². The van der Waals surface area contributed by atoms with Gasteiger partial charge in [-0.15, -0.1) is 0 Å². The Morgan fingerprint density at radius 3 is 2.53 bits per heavy atom. The molecule has 0 amide bonds. The number of rotatable bonds is 8. The zero-order valence-electron chi connectivity index (χ0n) is 10.6. The number of aldehydes is 1. The van der Waals surface area contributed by atoms with Gasteiger partial charge in [-0.3, -0.25) is 0 Å². The van der Waals surface area contributed by atoms with Crippen molar-refractivity contribution >= 4 is 12.4 Å². The second-order valence-electron chi connectivity index (χ2n) is 4.42. The Morgan fingerprint density at radius 1 is 1.12 bits per heavy atom. The molecule has 1 aromatic rings. The van der Waals surface area contributed by atoms with E-state index in [0.29, 0.717) is 0 Å². The third kappa shape index (κ3) is 6.06. The summed E-state index contributed by atoms with van der Waals surface area (Å²) in [6, 6.07) is 10.1. The first-order valence-corrected chi connectivity index (χ1v) is 6.55. The lowest BCUT2D eigenvalue weighted by Gasteiger charge is -2.04. The van der Waals surface area contributed by atoms with Crippen molar-refractivity contribution in [3.05, 3.63) is 42.0 Å². The molecule has 0 N–H and O–H groups in total. The van der Waals surface area contributed by atoms with E-state index in [1.165, 1.54) is 19.3 Å². The van der Waals surface area contributed by atoms with E-state index >= 15 is 0 Å². The van der Waals surface area contributed by atoms with Gasteiger partial charge in [0.2, 0.25) is 0 Å². The van der Waals surface area contributed by atoms with Crippen LogP contribution in [0.1, 0.15) is 44.6 Å². The smallest absolute Gasteiger partial charge is 0.126 e. The fourth-order valence-corrected chi connectivity index (χ4v) is 1.82. The number of hydrogen-bond donors (Lipinski definition) is 0. The molecule has 17 heavy (non-hydrogen) atoms. The van der Waals surface area contributed by atoms with E-state index in [1.807, 2.05) is 30.4 Å². The third-order valence-electron chi connectivity index (χ3n) is 2.90. The van der Waals surface area contributed by atoms with Crippen LogP contribution in [0.4, 0.5) is 0 Å². The number of hydrogen-bond acceptors (Lipinski definition) is 1. The van der Waals surface area contributed by atoms with Crippen molar-refractivity contribution < 1.29 is 4.79 Å². The predicted octanol–water partition coefficient (Wildman–Crippen LogP) is 4.49. The van der Waals surface area contributed by atoms with Gasteiger partial charge in [-0.25, -0.2) is 0 Å². The highest BCUT2D eigenvalue weighted by atomic mass is 16.1. The quantitative estimate of drug-likeness (QED) is 0.475. The first-order valence-electron chi connectivity index (χ1n) is 6.55. The van der Waals surface area contributed by atoms with Crippen LogP contribution in [0.5, 0.6) is 0 Å². The molecule has 0 aliphatic heterocycles. The Bertz CT molecular complexity index is 327. The van der Waals surface area contributed by atoms with E-state index < -0.39 is 0 Å². The molecule has 1 nitrogen and oxygen atoms in total. The molecule has 0 bridgehead atoms. The molecule has 0 saturated heterocycles. The lowest BCUT2D eigenvalue weighted by molar-refractivity contribution is -0.110. The number of allylic oxidation sites excluding steroid dienone is 1. The number of benzene rings is 1. The lowest BCUT2D eigenvalue weighted by atomic mass is 10.0. The largest absolute Gasteiger partial charge is 0.303 e. The Balaban J connectivity index is 2.36. The Kier molecular flexibility index (Phi) is 7.04. The van der Waals surface area contributed by atoms with Gasteiger partial charge in [0.1, 0.15) is 6.29 Å². The molecule has 1 aromatic carbocycles. The summed E-state index contributed by atoms with van der Waals surface area (Å²) in [5.41, 5.74) is 1.16. The van der Waals surface area contributed by atoms with Gasteiger partial charge < -0.3 is 4.79 Å². The topological polar surface area (TPSA) is 17.1 Å². The normalized spacial score (nSPS) is 12.8. The molecule has 0 spiro atoms. The molecule has 1 atom stereocenters. The molecule has 0 fully saturated rings. The molecular formula is C16H22O. The Labute approximate surface area is 105 Å². The molecule has 1 heteroatoms. The number of carbonyl (C=O) groups is 1. The second kappa shape index (κ2) is 8.74. The summed E-state index contributed by atoms with van der Waals surface area (Å²) < 4.78 is 0. The molecule has 0 radical (unpaired) electrons. The van der Waals surface area contributed by atoms with Crippen LogP contribution in [0.3, 0.4) is 0 Å². The SMILES string of the molecule is CCCCCCC(C=O)/C=C/c1ccccc1. The van der Waals surface area contributed by atoms with Crippen LogP contribution in [-0.2, 0) is 4.79 Å². The maximum absolute atomic E-state index is 10.9. The Hall–Kier alpha value is -1.37. The van der Waals surface area contributed by atoms with Gasteiger partial charge in [-0.05, 0) is 12.0 Å². The van der Waals surface area contributed by atoms with Crippen molar-refractivity contribution in [2.75, 3.05) is 0 Å². The van der Waals surface area contributed by atoms with Crippen molar-refractivity contribution in [2.45, 2.75) is 39.0 Å². The van der Waals surface area contributed by atoms with Crippen LogP contribution in [0.2, 0.25) is 0 Å². The minimum Gasteiger partial charge on any atom is -0.303 e. The fraction of sp³-hybridized carbons (Fsp3) is 0.438. The van der Waals surface area contributed by atoms with Crippen LogP contribution in [-0.4, -0.2) is 6.29 Å². The fourth-order valence-electron chi connectivity index (χ4n) is 1.82. The molecule has 0 aliphatic carbocycles. The van der Waals surface area contributed by atoms with Crippen molar-refractivity contribution in [2.24, 2.45) is 5.92 Å². The highest BCUT2D eigenvalue weighted by molar-refractivity contribution is 5.61. The minimum absolute atomic E-state index is 0.0760. The van der Waals surface area contributed by atoms with Gasteiger partial charge in [0, 0.05) is 5.92 Å².